The second-order valence-electron chi connectivity index (χ2n) is 7.55. The van der Waals surface area contributed by atoms with Crippen LogP contribution >= 0.6 is 0 Å². The Balaban J connectivity index is 1.68. The minimum atomic E-state index is -1.09. The molecule has 1 aromatic carbocycles. The van der Waals surface area contributed by atoms with Gasteiger partial charge in [0.15, 0.2) is 17.3 Å². The highest BCUT2D eigenvalue weighted by molar-refractivity contribution is 5.99. The summed E-state index contributed by atoms with van der Waals surface area (Å²) >= 11 is 0. The molecule has 1 aliphatic rings. The fourth-order valence-electron chi connectivity index (χ4n) is 3.51. The Morgan fingerprint density at radius 3 is 2.80 bits per heavy atom. The van der Waals surface area contributed by atoms with Gasteiger partial charge in [-0.3, -0.25) is 24.1 Å². The first-order valence-corrected chi connectivity index (χ1v) is 10.3. The quantitative estimate of drug-likeness (QED) is 0.457. The topological polar surface area (TPSA) is 143 Å². The standard InChI is InChI=1S/C21H20F2N6O6/c1-34-5-4-27-11-28(9-16-25-10-35-26-16)29-8-14(18(30)19(31)17(29)21(27)33)20(32)24-7-12-2-3-13(22)6-15(12)23/h2-3,6,8,10,31H,4-5,7,9,11H2,1H3,(H,24,32). The van der Waals surface area contributed by atoms with Crippen molar-refractivity contribution in [2.45, 2.75) is 13.1 Å². The molecule has 2 N–H and O–H groups in total. The summed E-state index contributed by atoms with van der Waals surface area (Å²) in [6.07, 6.45) is 2.21. The fourth-order valence-corrected chi connectivity index (χ4v) is 3.51. The number of rotatable bonds is 8. The van der Waals surface area contributed by atoms with Gasteiger partial charge in [-0.05, 0) is 6.07 Å². The van der Waals surface area contributed by atoms with E-state index in [-0.39, 0.29) is 50.0 Å². The van der Waals surface area contributed by atoms with Crippen molar-refractivity contribution in [3.63, 3.8) is 0 Å². The molecule has 0 bridgehead atoms. The molecule has 0 spiro atoms. The summed E-state index contributed by atoms with van der Waals surface area (Å²) in [4.78, 5) is 43.8. The van der Waals surface area contributed by atoms with Crippen molar-refractivity contribution in [2.75, 3.05) is 31.9 Å². The summed E-state index contributed by atoms with van der Waals surface area (Å²) in [5.74, 6) is -3.92. The number of nitrogens with one attached hydrogen (secondary N) is 1. The summed E-state index contributed by atoms with van der Waals surface area (Å²) in [5, 5.41) is 18.2. The first-order chi connectivity index (χ1) is 16.8. The molecule has 3 heterocycles. The zero-order chi connectivity index (χ0) is 25.1. The van der Waals surface area contributed by atoms with E-state index in [0.717, 1.165) is 24.7 Å². The number of benzene rings is 1. The third-order valence-corrected chi connectivity index (χ3v) is 5.29. The maximum atomic E-state index is 13.9. The van der Waals surface area contributed by atoms with Gasteiger partial charge in [0, 0.05) is 38.0 Å². The van der Waals surface area contributed by atoms with E-state index in [1.165, 1.54) is 21.7 Å². The molecule has 0 radical (unpaired) electrons. The molecule has 35 heavy (non-hydrogen) atoms. The molecule has 0 saturated carbocycles. The molecule has 14 heteroatoms. The van der Waals surface area contributed by atoms with E-state index in [2.05, 4.69) is 15.5 Å². The number of carbonyl (C=O) groups is 2. The molecule has 184 valence electrons. The summed E-state index contributed by atoms with van der Waals surface area (Å²) in [6, 6.07) is 2.85. The van der Waals surface area contributed by atoms with Crippen LogP contribution in [0.4, 0.5) is 8.78 Å². The van der Waals surface area contributed by atoms with E-state index in [9.17, 15) is 28.3 Å². The van der Waals surface area contributed by atoms with Crippen molar-refractivity contribution in [2.24, 2.45) is 0 Å². The largest absolute Gasteiger partial charge is 0.502 e. The van der Waals surface area contributed by atoms with Gasteiger partial charge >= 0.3 is 0 Å². The first kappa shape index (κ1) is 23.8. The van der Waals surface area contributed by atoms with Gasteiger partial charge in [0.2, 0.25) is 11.8 Å². The van der Waals surface area contributed by atoms with E-state index < -0.39 is 40.2 Å². The lowest BCUT2D eigenvalue weighted by Gasteiger charge is -2.39. The van der Waals surface area contributed by atoms with E-state index >= 15 is 0 Å². The van der Waals surface area contributed by atoms with Crippen molar-refractivity contribution in [3.8, 4) is 5.75 Å². The van der Waals surface area contributed by atoms with Crippen molar-refractivity contribution in [1.82, 2.24) is 25.0 Å². The fraction of sp³-hybridized carbons (Fsp3) is 0.286. The molecular weight excluding hydrogens is 470 g/mol. The van der Waals surface area contributed by atoms with Crippen molar-refractivity contribution >= 4 is 11.8 Å². The predicted octanol–water partition coefficient (Wildman–Crippen LogP) is 0.343. The molecule has 3 aromatic rings. The zero-order valence-corrected chi connectivity index (χ0v) is 18.4. The van der Waals surface area contributed by atoms with Crippen LogP contribution in [0.3, 0.4) is 0 Å². The number of nitrogens with zero attached hydrogens (tertiary/aromatic N) is 5. The Kier molecular flexibility index (Phi) is 6.73. The molecule has 2 aromatic heterocycles. The van der Waals surface area contributed by atoms with Crippen LogP contribution in [0.5, 0.6) is 5.75 Å². The normalized spacial score (nSPS) is 13.2. The Bertz CT molecular complexity index is 1310. The molecule has 0 fully saturated rings. The van der Waals surface area contributed by atoms with Gasteiger partial charge in [0.1, 0.15) is 30.4 Å². The van der Waals surface area contributed by atoms with E-state index in [4.69, 9.17) is 9.26 Å². The third kappa shape index (κ3) is 4.82. The molecule has 0 unspecified atom stereocenters. The Labute approximate surface area is 196 Å². The highest BCUT2D eigenvalue weighted by atomic mass is 19.1. The van der Waals surface area contributed by atoms with Crippen molar-refractivity contribution in [1.29, 1.82) is 0 Å². The van der Waals surface area contributed by atoms with Gasteiger partial charge < -0.3 is 24.6 Å². The van der Waals surface area contributed by atoms with Crippen molar-refractivity contribution in [3.05, 3.63) is 75.3 Å². The number of halogens is 2. The van der Waals surface area contributed by atoms with Crippen LogP contribution in [0.15, 0.2) is 40.1 Å². The molecule has 4 rings (SSSR count). The molecule has 0 saturated heterocycles. The highest BCUT2D eigenvalue weighted by Gasteiger charge is 2.34. The molecule has 2 amide bonds. The number of aromatic hydroxyl groups is 1. The average Bonchev–Trinajstić information content (AvgIpc) is 3.34. The van der Waals surface area contributed by atoms with Gasteiger partial charge in [-0.2, -0.15) is 4.98 Å². The third-order valence-electron chi connectivity index (χ3n) is 5.29. The number of aromatic nitrogens is 3. The minimum absolute atomic E-state index is 0.00439. The minimum Gasteiger partial charge on any atom is -0.502 e. The monoisotopic (exact) mass is 490 g/mol. The van der Waals surface area contributed by atoms with Crippen LogP contribution < -0.4 is 15.8 Å². The number of methoxy groups -OCH3 is 1. The summed E-state index contributed by atoms with van der Waals surface area (Å²) in [5.41, 5.74) is -1.95. The number of carbonyl (C=O) groups excluding carboxylic acids is 2. The van der Waals surface area contributed by atoms with Crippen LogP contribution in [0.2, 0.25) is 0 Å². The first-order valence-electron chi connectivity index (χ1n) is 10.3. The molecule has 0 aliphatic carbocycles. The number of amides is 2. The predicted molar refractivity (Wildman–Crippen MR) is 114 cm³/mol. The SMILES string of the molecule is COCCN1CN(Cc2ncon2)n2cc(C(=O)NCc3ccc(F)cc3F)c(=O)c(O)c2C1=O. The number of hydrogen-bond donors (Lipinski definition) is 2. The second-order valence-corrected chi connectivity index (χ2v) is 7.55. The van der Waals surface area contributed by atoms with Crippen LogP contribution in [0.1, 0.15) is 32.2 Å². The molecular formula is C21H20F2N6O6. The Morgan fingerprint density at radius 1 is 1.31 bits per heavy atom. The Morgan fingerprint density at radius 2 is 2.11 bits per heavy atom. The molecule has 0 atom stereocenters. The number of hydrogen-bond acceptors (Lipinski definition) is 9. The number of fused-ring (bicyclic) bond motifs is 1. The van der Waals surface area contributed by atoms with Gasteiger partial charge in [-0.15, -0.1) is 0 Å². The second kappa shape index (κ2) is 9.89. The maximum absolute atomic E-state index is 13.9. The smallest absolute Gasteiger partial charge is 0.277 e. The maximum Gasteiger partial charge on any atom is 0.277 e. The number of pyridine rings is 1. The van der Waals surface area contributed by atoms with Crippen molar-refractivity contribution < 1.29 is 32.7 Å². The van der Waals surface area contributed by atoms with E-state index in [0.29, 0.717) is 6.07 Å². The van der Waals surface area contributed by atoms with Crippen LogP contribution in [0, 0.1) is 11.6 Å². The van der Waals surface area contributed by atoms with Crippen LogP contribution in [-0.2, 0) is 17.8 Å². The Hall–Kier alpha value is -4.33. The number of ether oxygens (including phenoxy) is 1. The highest BCUT2D eigenvalue weighted by Crippen LogP contribution is 2.22. The van der Waals surface area contributed by atoms with E-state index in [1.807, 2.05) is 0 Å². The van der Waals surface area contributed by atoms with Gasteiger partial charge in [0.05, 0.1) is 6.61 Å². The van der Waals surface area contributed by atoms with E-state index in [1.54, 1.807) is 0 Å². The van der Waals surface area contributed by atoms with Crippen LogP contribution in [-0.4, -0.2) is 63.6 Å². The summed E-state index contributed by atoms with van der Waals surface area (Å²) in [6.45, 7) is 0.0198. The van der Waals surface area contributed by atoms with Gasteiger partial charge in [-0.1, -0.05) is 11.2 Å². The summed E-state index contributed by atoms with van der Waals surface area (Å²) in [7, 11) is 1.46. The molecule has 1 aliphatic heterocycles. The van der Waals surface area contributed by atoms with Gasteiger partial charge in [0.25, 0.3) is 11.8 Å². The zero-order valence-electron chi connectivity index (χ0n) is 18.4. The van der Waals surface area contributed by atoms with Gasteiger partial charge in [-0.25, -0.2) is 8.78 Å². The van der Waals surface area contributed by atoms with Crippen LogP contribution in [0.25, 0.3) is 0 Å². The lowest BCUT2D eigenvalue weighted by Crippen LogP contribution is -2.55. The average molecular weight is 490 g/mol. The lowest BCUT2D eigenvalue weighted by molar-refractivity contribution is 0.0618. The molecule has 12 nitrogen and oxygen atoms in total. The lowest BCUT2D eigenvalue weighted by atomic mass is 10.1. The summed E-state index contributed by atoms with van der Waals surface area (Å²) < 4.78 is 37.9.